The Labute approximate surface area is 127 Å². The number of pyridine rings is 1. The summed E-state index contributed by atoms with van der Waals surface area (Å²) in [5, 5.41) is 3.31. The fraction of sp³-hybridized carbons (Fsp3) is 0.357. The van der Waals surface area contributed by atoms with Crippen LogP contribution in [-0.4, -0.2) is 21.5 Å². The first kappa shape index (κ1) is 14.2. The lowest BCUT2D eigenvalue weighted by atomic mass is 10.1. The van der Waals surface area contributed by atoms with E-state index >= 15 is 0 Å². The van der Waals surface area contributed by atoms with Crippen LogP contribution >= 0.6 is 22.6 Å². The van der Waals surface area contributed by atoms with Gasteiger partial charge in [-0.1, -0.05) is 13.8 Å². The van der Waals surface area contributed by atoms with Crippen LogP contribution in [0, 0.1) is 3.57 Å². The first-order valence-electron chi connectivity index (χ1n) is 6.35. The number of halogens is 1. The van der Waals surface area contributed by atoms with Crippen molar-refractivity contribution in [2.75, 3.05) is 11.9 Å². The Bertz CT molecular complexity index is 555. The molecule has 5 heteroatoms. The number of nitrogens with zero attached hydrogens (tertiary/aromatic N) is 3. The zero-order valence-electron chi connectivity index (χ0n) is 11.3. The highest BCUT2D eigenvalue weighted by Gasteiger charge is 2.15. The molecule has 0 radical (unpaired) electrons. The van der Waals surface area contributed by atoms with Crippen molar-refractivity contribution in [2.24, 2.45) is 0 Å². The minimum atomic E-state index is 0.368. The van der Waals surface area contributed by atoms with Gasteiger partial charge in [-0.25, -0.2) is 9.97 Å². The van der Waals surface area contributed by atoms with Crippen molar-refractivity contribution in [1.29, 1.82) is 0 Å². The molecule has 100 valence electrons. The van der Waals surface area contributed by atoms with Crippen molar-refractivity contribution in [3.63, 3.8) is 0 Å². The molecule has 0 aliphatic rings. The molecule has 0 amide bonds. The highest BCUT2D eigenvalue weighted by molar-refractivity contribution is 14.1. The van der Waals surface area contributed by atoms with E-state index in [2.05, 4.69) is 58.6 Å². The first-order chi connectivity index (χ1) is 9.13. The summed E-state index contributed by atoms with van der Waals surface area (Å²) >= 11 is 2.32. The molecule has 4 nitrogen and oxygen atoms in total. The lowest BCUT2D eigenvalue weighted by Gasteiger charge is -2.14. The summed E-state index contributed by atoms with van der Waals surface area (Å²) < 4.78 is 1.10. The molecule has 1 N–H and O–H groups in total. The molecule has 2 aromatic rings. The number of hydrogen-bond acceptors (Lipinski definition) is 4. The molecule has 0 aliphatic heterocycles. The Balaban J connectivity index is 2.56. The van der Waals surface area contributed by atoms with Gasteiger partial charge in [-0.2, -0.15) is 0 Å². The van der Waals surface area contributed by atoms with Gasteiger partial charge in [0.25, 0.3) is 0 Å². The van der Waals surface area contributed by atoms with E-state index in [1.54, 1.807) is 12.4 Å². The van der Waals surface area contributed by atoms with Crippen LogP contribution in [0.2, 0.25) is 0 Å². The van der Waals surface area contributed by atoms with Crippen molar-refractivity contribution < 1.29 is 0 Å². The summed E-state index contributed by atoms with van der Waals surface area (Å²) in [6.07, 6.45) is 3.53. The van der Waals surface area contributed by atoms with Crippen LogP contribution in [0.15, 0.2) is 24.5 Å². The Morgan fingerprint density at radius 2 is 1.89 bits per heavy atom. The van der Waals surface area contributed by atoms with Crippen molar-refractivity contribution in [3.8, 4) is 11.4 Å². The molecule has 2 rings (SSSR count). The van der Waals surface area contributed by atoms with Crippen LogP contribution in [0.3, 0.4) is 0 Å². The Morgan fingerprint density at radius 1 is 1.21 bits per heavy atom. The van der Waals surface area contributed by atoms with Gasteiger partial charge in [-0.3, -0.25) is 4.98 Å². The molecule has 0 saturated heterocycles. The third-order valence-corrected chi connectivity index (χ3v) is 3.77. The van der Waals surface area contributed by atoms with Gasteiger partial charge in [0.2, 0.25) is 0 Å². The molecule has 2 aromatic heterocycles. The van der Waals surface area contributed by atoms with E-state index in [-0.39, 0.29) is 0 Å². The average molecular weight is 368 g/mol. The monoisotopic (exact) mass is 368 g/mol. The maximum Gasteiger partial charge on any atom is 0.161 e. The quantitative estimate of drug-likeness (QED) is 0.837. The molecular weight excluding hydrogens is 351 g/mol. The summed E-state index contributed by atoms with van der Waals surface area (Å²) in [7, 11) is 0. The number of hydrogen-bond donors (Lipinski definition) is 1. The molecule has 19 heavy (non-hydrogen) atoms. The van der Waals surface area contributed by atoms with Crippen molar-refractivity contribution in [1.82, 2.24) is 15.0 Å². The summed E-state index contributed by atoms with van der Waals surface area (Å²) in [5.41, 5.74) is 2.07. The minimum absolute atomic E-state index is 0.368. The maximum absolute atomic E-state index is 4.70. The van der Waals surface area contributed by atoms with E-state index in [0.717, 1.165) is 33.0 Å². The van der Waals surface area contributed by atoms with Gasteiger partial charge < -0.3 is 5.32 Å². The van der Waals surface area contributed by atoms with E-state index in [1.165, 1.54) is 0 Å². The molecule has 0 fully saturated rings. The molecule has 0 spiro atoms. The Kier molecular flexibility index (Phi) is 4.68. The predicted octanol–water partition coefficient (Wildman–Crippen LogP) is 3.70. The first-order valence-corrected chi connectivity index (χ1v) is 7.43. The lowest BCUT2D eigenvalue weighted by molar-refractivity contribution is 0.808. The smallest absolute Gasteiger partial charge is 0.161 e. The number of rotatable bonds is 4. The topological polar surface area (TPSA) is 50.7 Å². The van der Waals surface area contributed by atoms with Crippen LogP contribution in [0.4, 0.5) is 5.82 Å². The van der Waals surface area contributed by atoms with Crippen LogP contribution < -0.4 is 5.32 Å². The van der Waals surface area contributed by atoms with Gasteiger partial charge in [0, 0.05) is 24.5 Å². The SMILES string of the molecule is CCNc1nc(-c2ccncc2)nc(C(C)C)c1I. The van der Waals surface area contributed by atoms with Crippen molar-refractivity contribution in [2.45, 2.75) is 26.7 Å². The van der Waals surface area contributed by atoms with Crippen LogP contribution in [0.1, 0.15) is 32.4 Å². The molecule has 0 aromatic carbocycles. The standard InChI is InChI=1S/C14H17IN4/c1-4-17-14-11(15)12(9(2)3)18-13(19-14)10-5-7-16-8-6-10/h5-9H,4H2,1-3H3,(H,17,18,19). The molecule has 0 unspecified atom stereocenters. The van der Waals surface area contributed by atoms with Gasteiger partial charge in [-0.05, 0) is 47.6 Å². The lowest BCUT2D eigenvalue weighted by Crippen LogP contribution is -2.09. The molecule has 0 atom stereocenters. The largest absolute Gasteiger partial charge is 0.369 e. The van der Waals surface area contributed by atoms with Crippen LogP contribution in [0.5, 0.6) is 0 Å². The number of anilines is 1. The second-order valence-electron chi connectivity index (χ2n) is 4.52. The third kappa shape index (κ3) is 3.20. The van der Waals surface area contributed by atoms with Crippen LogP contribution in [0.25, 0.3) is 11.4 Å². The van der Waals surface area contributed by atoms with E-state index in [4.69, 9.17) is 4.98 Å². The van der Waals surface area contributed by atoms with Crippen molar-refractivity contribution >= 4 is 28.4 Å². The van der Waals surface area contributed by atoms with E-state index in [9.17, 15) is 0 Å². The highest BCUT2D eigenvalue weighted by atomic mass is 127. The van der Waals surface area contributed by atoms with Gasteiger partial charge in [0.05, 0.1) is 9.26 Å². The van der Waals surface area contributed by atoms with Crippen LogP contribution in [-0.2, 0) is 0 Å². The van der Waals surface area contributed by atoms with Crippen molar-refractivity contribution in [3.05, 3.63) is 33.8 Å². The molecule has 0 aliphatic carbocycles. The molecule has 0 bridgehead atoms. The van der Waals surface area contributed by atoms with Gasteiger partial charge >= 0.3 is 0 Å². The number of aromatic nitrogens is 3. The van der Waals surface area contributed by atoms with E-state index < -0.39 is 0 Å². The summed E-state index contributed by atoms with van der Waals surface area (Å²) in [4.78, 5) is 13.3. The van der Waals surface area contributed by atoms with Gasteiger partial charge in [0.15, 0.2) is 5.82 Å². The van der Waals surface area contributed by atoms with E-state index in [0.29, 0.717) is 5.92 Å². The fourth-order valence-corrected chi connectivity index (χ4v) is 2.82. The minimum Gasteiger partial charge on any atom is -0.369 e. The average Bonchev–Trinajstić information content (AvgIpc) is 2.42. The highest BCUT2D eigenvalue weighted by Crippen LogP contribution is 2.28. The molecular formula is C14H17IN4. The van der Waals surface area contributed by atoms with Gasteiger partial charge in [-0.15, -0.1) is 0 Å². The zero-order valence-corrected chi connectivity index (χ0v) is 13.5. The zero-order chi connectivity index (χ0) is 13.8. The predicted molar refractivity (Wildman–Crippen MR) is 86.2 cm³/mol. The Hall–Kier alpha value is -1.24. The van der Waals surface area contributed by atoms with Gasteiger partial charge in [0.1, 0.15) is 5.82 Å². The summed E-state index contributed by atoms with van der Waals surface area (Å²) in [6.45, 7) is 7.22. The Morgan fingerprint density at radius 3 is 2.47 bits per heavy atom. The maximum atomic E-state index is 4.70. The fourth-order valence-electron chi connectivity index (χ4n) is 1.76. The second kappa shape index (κ2) is 6.27. The molecule has 2 heterocycles. The summed E-state index contributed by atoms with van der Waals surface area (Å²) in [6, 6.07) is 3.87. The summed E-state index contributed by atoms with van der Waals surface area (Å²) in [5.74, 6) is 2.03. The van der Waals surface area contributed by atoms with E-state index in [1.807, 2.05) is 12.1 Å². The second-order valence-corrected chi connectivity index (χ2v) is 5.59. The third-order valence-electron chi connectivity index (χ3n) is 2.71. The molecule has 0 saturated carbocycles. The normalized spacial score (nSPS) is 10.8. The number of nitrogens with one attached hydrogen (secondary N) is 1.